The van der Waals surface area contributed by atoms with Crippen LogP contribution in [0.25, 0.3) is 0 Å². The number of amides is 2. The van der Waals surface area contributed by atoms with Gasteiger partial charge in [-0.25, -0.2) is 12.8 Å². The minimum atomic E-state index is -3.65. The molecule has 3 rings (SSSR count). The number of likely N-dealkylation sites (N-methyl/N-ethyl adjacent to an activating group) is 1. The van der Waals surface area contributed by atoms with Crippen molar-refractivity contribution in [1.82, 2.24) is 10.2 Å². The summed E-state index contributed by atoms with van der Waals surface area (Å²) in [5, 5.41) is 3.00. The van der Waals surface area contributed by atoms with Crippen LogP contribution in [0.5, 0.6) is 0 Å². The van der Waals surface area contributed by atoms with Gasteiger partial charge in [-0.1, -0.05) is 66.2 Å². The zero-order valence-corrected chi connectivity index (χ0v) is 22.9. The van der Waals surface area contributed by atoms with E-state index in [2.05, 4.69) is 5.32 Å². The van der Waals surface area contributed by atoms with Gasteiger partial charge in [0.25, 0.3) is 0 Å². The molecule has 0 aliphatic heterocycles. The van der Waals surface area contributed by atoms with Crippen LogP contribution in [-0.4, -0.2) is 51.0 Å². The maximum atomic E-state index is 14.6. The van der Waals surface area contributed by atoms with E-state index >= 15 is 0 Å². The third kappa shape index (κ3) is 8.03. The van der Waals surface area contributed by atoms with E-state index in [9.17, 15) is 22.4 Å². The van der Waals surface area contributed by atoms with Gasteiger partial charge in [-0.3, -0.25) is 13.9 Å². The minimum absolute atomic E-state index is 0.0295. The highest BCUT2D eigenvalue weighted by Gasteiger charge is 2.30. The summed E-state index contributed by atoms with van der Waals surface area (Å²) in [7, 11) is -2.16. The van der Waals surface area contributed by atoms with Crippen molar-refractivity contribution in [3.63, 3.8) is 0 Å². The van der Waals surface area contributed by atoms with Gasteiger partial charge in [-0.05, 0) is 36.2 Å². The molecule has 0 fully saturated rings. The Morgan fingerprint density at radius 1 is 1.00 bits per heavy atom. The molecular formula is C28H31ClFN3O4S. The zero-order chi connectivity index (χ0) is 27.7. The summed E-state index contributed by atoms with van der Waals surface area (Å²) in [6, 6.07) is 20.9. The fourth-order valence-corrected chi connectivity index (χ4v) is 5.31. The summed E-state index contributed by atoms with van der Waals surface area (Å²) in [4.78, 5) is 27.9. The van der Waals surface area contributed by atoms with Gasteiger partial charge >= 0.3 is 0 Å². The van der Waals surface area contributed by atoms with Crippen LogP contribution < -0.4 is 9.62 Å². The van der Waals surface area contributed by atoms with Crippen molar-refractivity contribution in [2.45, 2.75) is 31.8 Å². The van der Waals surface area contributed by atoms with Crippen molar-refractivity contribution in [2.75, 3.05) is 24.2 Å². The number of rotatable bonds is 12. The van der Waals surface area contributed by atoms with Crippen molar-refractivity contribution in [3.8, 4) is 0 Å². The second kappa shape index (κ2) is 13.4. The molecule has 3 aromatic rings. The molecule has 0 heterocycles. The Labute approximate surface area is 228 Å². The predicted octanol–water partition coefficient (Wildman–Crippen LogP) is 4.41. The summed E-state index contributed by atoms with van der Waals surface area (Å²) in [6.45, 7) is -0.0811. The summed E-state index contributed by atoms with van der Waals surface area (Å²) < 4.78 is 40.7. The van der Waals surface area contributed by atoms with Crippen molar-refractivity contribution in [1.29, 1.82) is 0 Å². The van der Waals surface area contributed by atoms with E-state index in [-0.39, 0.29) is 43.8 Å². The fourth-order valence-electron chi connectivity index (χ4n) is 4.17. The van der Waals surface area contributed by atoms with E-state index < -0.39 is 27.8 Å². The van der Waals surface area contributed by atoms with E-state index in [0.717, 1.165) is 11.8 Å². The molecule has 2 amide bonds. The van der Waals surface area contributed by atoms with Gasteiger partial charge in [-0.15, -0.1) is 0 Å². The molecule has 0 saturated carbocycles. The van der Waals surface area contributed by atoms with Crippen molar-refractivity contribution in [2.24, 2.45) is 0 Å². The number of hydrogen-bond acceptors (Lipinski definition) is 4. The van der Waals surface area contributed by atoms with Crippen molar-refractivity contribution < 1.29 is 22.4 Å². The van der Waals surface area contributed by atoms with Gasteiger partial charge in [0.2, 0.25) is 21.8 Å². The Bertz CT molecular complexity index is 1350. The van der Waals surface area contributed by atoms with Crippen molar-refractivity contribution >= 4 is 39.1 Å². The van der Waals surface area contributed by atoms with E-state index in [4.69, 9.17) is 11.6 Å². The standard InChI is InChI=1S/C28H31ClFN3O4S/c1-31-28(35)26(18-21-10-4-3-5-11-21)32(20-22-12-6-7-15-25(22)30)27(34)16-9-17-33(38(2,36)37)24-14-8-13-23(29)19-24/h3-8,10-15,19,26H,9,16-18,20H2,1-2H3,(H,31,35)/t26-/m0/s1. The van der Waals surface area contributed by atoms with E-state index in [1.165, 1.54) is 28.4 Å². The van der Waals surface area contributed by atoms with Crippen LogP contribution in [0.15, 0.2) is 78.9 Å². The molecule has 0 radical (unpaired) electrons. The molecule has 10 heteroatoms. The quantitative estimate of drug-likeness (QED) is 0.356. The Balaban J connectivity index is 1.85. The molecule has 38 heavy (non-hydrogen) atoms. The van der Waals surface area contributed by atoms with Crippen LogP contribution in [0.4, 0.5) is 10.1 Å². The average Bonchev–Trinajstić information content (AvgIpc) is 2.89. The van der Waals surface area contributed by atoms with Gasteiger partial charge in [0.05, 0.1) is 11.9 Å². The predicted molar refractivity (Wildman–Crippen MR) is 148 cm³/mol. The first kappa shape index (κ1) is 29.1. The largest absolute Gasteiger partial charge is 0.357 e. The number of halogens is 2. The third-order valence-electron chi connectivity index (χ3n) is 6.06. The van der Waals surface area contributed by atoms with Crippen molar-refractivity contribution in [3.05, 3.63) is 101 Å². The molecule has 1 N–H and O–H groups in total. The number of hydrogen-bond donors (Lipinski definition) is 1. The second-order valence-electron chi connectivity index (χ2n) is 8.85. The normalized spacial score (nSPS) is 12.0. The Morgan fingerprint density at radius 2 is 1.68 bits per heavy atom. The average molecular weight is 560 g/mol. The number of nitrogens with zero attached hydrogens (tertiary/aromatic N) is 2. The van der Waals surface area contributed by atoms with Gasteiger partial charge < -0.3 is 10.2 Å². The smallest absolute Gasteiger partial charge is 0.242 e. The molecule has 0 saturated heterocycles. The number of carbonyl (C=O) groups is 2. The van der Waals surface area contributed by atoms with Gasteiger partial charge in [0.15, 0.2) is 0 Å². The second-order valence-corrected chi connectivity index (χ2v) is 11.2. The SMILES string of the molecule is CNC(=O)[C@H](Cc1ccccc1)N(Cc1ccccc1F)C(=O)CCCN(c1cccc(Cl)c1)S(C)(=O)=O. The number of carbonyl (C=O) groups excluding carboxylic acids is 2. The molecule has 7 nitrogen and oxygen atoms in total. The van der Waals surface area contributed by atoms with Crippen LogP contribution in [-0.2, 0) is 32.6 Å². The fraction of sp³-hybridized carbons (Fsp3) is 0.286. The lowest BCUT2D eigenvalue weighted by atomic mass is 10.0. The molecule has 1 atom stereocenters. The van der Waals surface area contributed by atoms with Gasteiger partial charge in [0.1, 0.15) is 11.9 Å². The zero-order valence-electron chi connectivity index (χ0n) is 21.3. The Hall–Kier alpha value is -3.43. The molecule has 3 aromatic carbocycles. The number of anilines is 1. The maximum absolute atomic E-state index is 14.6. The summed E-state index contributed by atoms with van der Waals surface area (Å²) in [6.07, 6.45) is 1.45. The highest BCUT2D eigenvalue weighted by molar-refractivity contribution is 7.92. The van der Waals surface area contributed by atoms with E-state index in [0.29, 0.717) is 10.7 Å². The molecule has 0 bridgehead atoms. The Kier molecular flexibility index (Phi) is 10.3. The molecule has 0 aromatic heterocycles. The highest BCUT2D eigenvalue weighted by Crippen LogP contribution is 2.23. The third-order valence-corrected chi connectivity index (χ3v) is 7.49. The topological polar surface area (TPSA) is 86.8 Å². The van der Waals surface area contributed by atoms with Crippen LogP contribution in [0.2, 0.25) is 5.02 Å². The van der Waals surface area contributed by atoms with E-state index in [1.807, 2.05) is 30.3 Å². The summed E-state index contributed by atoms with van der Waals surface area (Å²) in [5.41, 5.74) is 1.51. The van der Waals surface area contributed by atoms with Gasteiger partial charge in [-0.2, -0.15) is 0 Å². The summed E-state index contributed by atoms with van der Waals surface area (Å²) >= 11 is 6.05. The lowest BCUT2D eigenvalue weighted by Gasteiger charge is -2.31. The maximum Gasteiger partial charge on any atom is 0.242 e. The first-order valence-electron chi connectivity index (χ1n) is 12.1. The van der Waals surface area contributed by atoms with E-state index in [1.54, 1.807) is 36.4 Å². The van der Waals surface area contributed by atoms with Crippen LogP contribution in [0.1, 0.15) is 24.0 Å². The van der Waals surface area contributed by atoms with Crippen LogP contribution in [0.3, 0.4) is 0 Å². The van der Waals surface area contributed by atoms with Crippen LogP contribution >= 0.6 is 11.6 Å². The number of nitrogens with one attached hydrogen (secondary N) is 1. The highest BCUT2D eigenvalue weighted by atomic mass is 35.5. The van der Waals surface area contributed by atoms with Gasteiger partial charge in [0, 0.05) is 43.6 Å². The molecule has 0 spiro atoms. The molecule has 0 aliphatic carbocycles. The Morgan fingerprint density at radius 3 is 2.32 bits per heavy atom. The lowest BCUT2D eigenvalue weighted by Crippen LogP contribution is -2.50. The number of sulfonamides is 1. The molecular weight excluding hydrogens is 529 g/mol. The first-order valence-corrected chi connectivity index (χ1v) is 14.3. The summed E-state index contributed by atoms with van der Waals surface area (Å²) in [5.74, 6) is -1.25. The first-order chi connectivity index (χ1) is 18.1. The number of benzene rings is 3. The molecule has 202 valence electrons. The molecule has 0 aliphatic rings. The molecule has 0 unspecified atom stereocenters. The minimum Gasteiger partial charge on any atom is -0.357 e. The monoisotopic (exact) mass is 559 g/mol. The van der Waals surface area contributed by atoms with Crippen LogP contribution in [0, 0.1) is 5.82 Å². The lowest BCUT2D eigenvalue weighted by molar-refractivity contribution is -0.141.